The van der Waals surface area contributed by atoms with Crippen molar-refractivity contribution in [3.05, 3.63) is 58.5 Å². The van der Waals surface area contributed by atoms with E-state index in [1.807, 2.05) is 30.3 Å². The number of furan rings is 1. The first-order valence-corrected chi connectivity index (χ1v) is 6.66. The molecule has 2 rings (SSSR count). The Kier molecular flexibility index (Phi) is 5.09. The third-order valence-corrected chi connectivity index (χ3v) is 2.96. The number of methoxy groups -OCH3 is 1. The van der Waals surface area contributed by atoms with Crippen LogP contribution < -0.4 is 5.43 Å². The Balaban J connectivity index is 1.98. The summed E-state index contributed by atoms with van der Waals surface area (Å²) in [5, 5.41) is 3.83. The molecule has 0 spiro atoms. The van der Waals surface area contributed by atoms with Gasteiger partial charge in [-0.25, -0.2) is 5.43 Å². The third kappa shape index (κ3) is 3.79. The standard InChI is InChI=1S/C14H13BrN2O3/c1-19-13(10-5-3-2-4-6-10)14(18)17-16-9-11-7-8-12(15)20-11/h2-9,13H,1H3,(H,17,18)/b16-9-/t13-/m0/s1. The van der Waals surface area contributed by atoms with Gasteiger partial charge in [0.2, 0.25) is 0 Å². The number of carbonyl (C=O) groups excluding carboxylic acids is 1. The van der Waals surface area contributed by atoms with E-state index in [4.69, 9.17) is 9.15 Å². The molecule has 1 atom stereocenters. The summed E-state index contributed by atoms with van der Waals surface area (Å²) in [5.74, 6) is 0.187. The predicted molar refractivity (Wildman–Crippen MR) is 78.3 cm³/mol. The fourth-order valence-corrected chi connectivity index (χ4v) is 1.96. The average molecular weight is 337 g/mol. The molecule has 0 unspecified atom stereocenters. The van der Waals surface area contributed by atoms with E-state index in [1.54, 1.807) is 12.1 Å². The normalized spacial score (nSPS) is 12.5. The molecule has 0 aliphatic heterocycles. The molecular weight excluding hydrogens is 324 g/mol. The van der Waals surface area contributed by atoms with Crippen LogP contribution in [0.3, 0.4) is 0 Å². The van der Waals surface area contributed by atoms with Crippen LogP contribution >= 0.6 is 15.9 Å². The molecule has 0 bridgehead atoms. The molecule has 0 aliphatic rings. The average Bonchev–Trinajstić information content (AvgIpc) is 2.86. The number of benzene rings is 1. The van der Waals surface area contributed by atoms with Crippen molar-refractivity contribution in [2.24, 2.45) is 5.10 Å². The van der Waals surface area contributed by atoms with Crippen LogP contribution in [-0.2, 0) is 9.53 Å². The van der Waals surface area contributed by atoms with Crippen LogP contribution in [0.1, 0.15) is 17.4 Å². The quantitative estimate of drug-likeness (QED) is 0.674. The van der Waals surface area contributed by atoms with Gasteiger partial charge in [0, 0.05) is 7.11 Å². The molecule has 20 heavy (non-hydrogen) atoms. The summed E-state index contributed by atoms with van der Waals surface area (Å²) in [4.78, 5) is 12.0. The predicted octanol–water partition coefficient (Wildman–Crippen LogP) is 2.88. The largest absolute Gasteiger partial charge is 0.448 e. The van der Waals surface area contributed by atoms with E-state index in [0.717, 1.165) is 5.56 Å². The van der Waals surface area contributed by atoms with Gasteiger partial charge in [0.15, 0.2) is 10.8 Å². The van der Waals surface area contributed by atoms with Crippen molar-refractivity contribution in [3.8, 4) is 0 Å². The number of nitrogens with zero attached hydrogens (tertiary/aromatic N) is 1. The van der Waals surface area contributed by atoms with Gasteiger partial charge in [-0.1, -0.05) is 30.3 Å². The molecule has 104 valence electrons. The molecule has 1 N–H and O–H groups in total. The Morgan fingerprint density at radius 1 is 1.35 bits per heavy atom. The van der Waals surface area contributed by atoms with Crippen LogP contribution in [0, 0.1) is 0 Å². The van der Waals surface area contributed by atoms with Crippen LogP contribution in [0.5, 0.6) is 0 Å². The lowest BCUT2D eigenvalue weighted by Crippen LogP contribution is -2.26. The van der Waals surface area contributed by atoms with Crippen molar-refractivity contribution in [2.75, 3.05) is 7.11 Å². The van der Waals surface area contributed by atoms with Gasteiger partial charge in [-0.3, -0.25) is 4.79 Å². The molecule has 0 radical (unpaired) electrons. The highest BCUT2D eigenvalue weighted by Gasteiger charge is 2.19. The molecule has 0 aliphatic carbocycles. The van der Waals surface area contributed by atoms with E-state index in [0.29, 0.717) is 10.4 Å². The van der Waals surface area contributed by atoms with E-state index < -0.39 is 6.10 Å². The number of hydrogen-bond acceptors (Lipinski definition) is 4. The summed E-state index contributed by atoms with van der Waals surface area (Å²) in [6, 6.07) is 12.7. The first-order chi connectivity index (χ1) is 9.70. The van der Waals surface area contributed by atoms with Crippen molar-refractivity contribution < 1.29 is 13.9 Å². The van der Waals surface area contributed by atoms with Crippen molar-refractivity contribution in [1.82, 2.24) is 5.43 Å². The lowest BCUT2D eigenvalue weighted by molar-refractivity contribution is -0.131. The van der Waals surface area contributed by atoms with Gasteiger partial charge in [0.05, 0.1) is 6.21 Å². The van der Waals surface area contributed by atoms with Crippen LogP contribution in [0.25, 0.3) is 0 Å². The minimum Gasteiger partial charge on any atom is -0.448 e. The molecule has 1 aromatic heterocycles. The first-order valence-electron chi connectivity index (χ1n) is 5.86. The number of hydrogen-bond donors (Lipinski definition) is 1. The monoisotopic (exact) mass is 336 g/mol. The zero-order valence-corrected chi connectivity index (χ0v) is 12.3. The molecule has 1 amide bonds. The van der Waals surface area contributed by atoms with Crippen LogP contribution in [0.15, 0.2) is 56.7 Å². The van der Waals surface area contributed by atoms with Gasteiger partial charge in [-0.2, -0.15) is 5.10 Å². The fraction of sp³-hybridized carbons (Fsp3) is 0.143. The van der Waals surface area contributed by atoms with Crippen molar-refractivity contribution in [1.29, 1.82) is 0 Å². The second-order valence-corrected chi connectivity index (χ2v) is 4.68. The highest BCUT2D eigenvalue weighted by Crippen LogP contribution is 2.16. The molecule has 5 nitrogen and oxygen atoms in total. The lowest BCUT2D eigenvalue weighted by Gasteiger charge is -2.13. The minimum atomic E-state index is -0.698. The summed E-state index contributed by atoms with van der Waals surface area (Å²) in [7, 11) is 1.48. The topological polar surface area (TPSA) is 63.8 Å². The number of ether oxygens (including phenoxy) is 1. The fourth-order valence-electron chi connectivity index (χ4n) is 1.64. The Morgan fingerprint density at radius 3 is 2.70 bits per heavy atom. The molecule has 6 heteroatoms. The highest BCUT2D eigenvalue weighted by molar-refractivity contribution is 9.10. The second kappa shape index (κ2) is 7.02. The number of hydrazone groups is 1. The maximum Gasteiger partial charge on any atom is 0.273 e. The van der Waals surface area contributed by atoms with Crippen LogP contribution in [0.4, 0.5) is 0 Å². The smallest absolute Gasteiger partial charge is 0.273 e. The number of nitrogens with one attached hydrogen (secondary N) is 1. The van der Waals surface area contributed by atoms with Gasteiger partial charge < -0.3 is 9.15 Å². The van der Waals surface area contributed by atoms with E-state index in [9.17, 15) is 4.79 Å². The van der Waals surface area contributed by atoms with E-state index in [1.165, 1.54) is 13.3 Å². The molecule has 1 aromatic carbocycles. The number of carbonyl (C=O) groups is 1. The molecule has 0 fully saturated rings. The van der Waals surface area contributed by atoms with E-state index in [2.05, 4.69) is 26.5 Å². The summed E-state index contributed by atoms with van der Waals surface area (Å²) in [6.45, 7) is 0. The summed E-state index contributed by atoms with van der Waals surface area (Å²) in [5.41, 5.74) is 3.19. The zero-order valence-electron chi connectivity index (χ0n) is 10.7. The Morgan fingerprint density at radius 2 is 2.10 bits per heavy atom. The Bertz CT molecular complexity index is 595. The lowest BCUT2D eigenvalue weighted by atomic mass is 10.1. The Hall–Kier alpha value is -1.92. The molecule has 1 heterocycles. The molecular formula is C14H13BrN2O3. The van der Waals surface area contributed by atoms with Crippen molar-refractivity contribution in [2.45, 2.75) is 6.10 Å². The number of halogens is 1. The van der Waals surface area contributed by atoms with Crippen LogP contribution in [-0.4, -0.2) is 19.2 Å². The number of rotatable bonds is 5. The van der Waals surface area contributed by atoms with Gasteiger partial charge in [-0.05, 0) is 33.6 Å². The third-order valence-electron chi connectivity index (χ3n) is 2.54. The van der Waals surface area contributed by atoms with Gasteiger partial charge in [0.25, 0.3) is 5.91 Å². The van der Waals surface area contributed by atoms with Gasteiger partial charge in [-0.15, -0.1) is 0 Å². The maximum atomic E-state index is 12.0. The zero-order chi connectivity index (χ0) is 14.4. The van der Waals surface area contributed by atoms with Crippen molar-refractivity contribution >= 4 is 28.1 Å². The van der Waals surface area contributed by atoms with E-state index >= 15 is 0 Å². The summed E-state index contributed by atoms with van der Waals surface area (Å²) in [6.07, 6.45) is 0.720. The molecule has 0 saturated heterocycles. The SMILES string of the molecule is CO[C@H](C(=O)N/N=C\c1ccc(Br)o1)c1ccccc1. The van der Waals surface area contributed by atoms with Gasteiger partial charge >= 0.3 is 0 Å². The van der Waals surface area contributed by atoms with E-state index in [-0.39, 0.29) is 5.91 Å². The first kappa shape index (κ1) is 14.5. The Labute approximate surface area is 124 Å². The summed E-state index contributed by atoms with van der Waals surface area (Å²) >= 11 is 3.18. The van der Waals surface area contributed by atoms with Crippen LogP contribution in [0.2, 0.25) is 0 Å². The summed E-state index contributed by atoms with van der Waals surface area (Å²) < 4.78 is 11.0. The minimum absolute atomic E-state index is 0.347. The van der Waals surface area contributed by atoms with Gasteiger partial charge in [0.1, 0.15) is 5.76 Å². The second-order valence-electron chi connectivity index (χ2n) is 3.90. The molecule has 2 aromatic rings. The number of amides is 1. The maximum absolute atomic E-state index is 12.0. The van der Waals surface area contributed by atoms with Crippen molar-refractivity contribution in [3.63, 3.8) is 0 Å². The molecule has 0 saturated carbocycles. The highest BCUT2D eigenvalue weighted by atomic mass is 79.9.